The summed E-state index contributed by atoms with van der Waals surface area (Å²) >= 11 is 0. The van der Waals surface area contributed by atoms with E-state index < -0.39 is 11.5 Å². The van der Waals surface area contributed by atoms with Crippen molar-refractivity contribution in [3.63, 3.8) is 0 Å². The van der Waals surface area contributed by atoms with E-state index in [1.165, 1.54) is 23.5 Å². The first-order valence-electron chi connectivity index (χ1n) is 8.47. The standard InChI is InChI=1S/C18H16N8O2/c27-17(14-8-20-15(24-18(14)28)9-26-11-19-10-23-26)21-6-13-7-22-25-16(13)12-4-2-1-3-5-12/h1-5,7-8,10-11H,6,9H2,(H,21,27)(H,22,25)(H,20,24,28). The number of benzene rings is 1. The number of hydrogen-bond acceptors (Lipinski definition) is 6. The number of nitrogens with zero attached hydrogens (tertiary/aromatic N) is 5. The predicted octanol–water partition coefficient (Wildman–Crippen LogP) is 0.730. The molecule has 28 heavy (non-hydrogen) atoms. The molecule has 10 heteroatoms. The van der Waals surface area contributed by atoms with Gasteiger partial charge >= 0.3 is 0 Å². The molecule has 0 bridgehead atoms. The summed E-state index contributed by atoms with van der Waals surface area (Å²) in [5.41, 5.74) is 2.01. The molecule has 0 aliphatic rings. The minimum atomic E-state index is -0.516. The van der Waals surface area contributed by atoms with Crippen molar-refractivity contribution in [2.45, 2.75) is 13.1 Å². The van der Waals surface area contributed by atoms with Gasteiger partial charge in [0.1, 0.15) is 30.6 Å². The van der Waals surface area contributed by atoms with Crippen LogP contribution in [0.4, 0.5) is 0 Å². The van der Waals surface area contributed by atoms with E-state index >= 15 is 0 Å². The molecule has 3 aromatic heterocycles. The van der Waals surface area contributed by atoms with Gasteiger partial charge in [0.05, 0.1) is 11.9 Å². The van der Waals surface area contributed by atoms with E-state index in [2.05, 4.69) is 35.6 Å². The maximum absolute atomic E-state index is 12.4. The largest absolute Gasteiger partial charge is 0.348 e. The minimum absolute atomic E-state index is 0.0629. The minimum Gasteiger partial charge on any atom is -0.348 e. The van der Waals surface area contributed by atoms with Gasteiger partial charge in [0, 0.05) is 18.3 Å². The lowest BCUT2D eigenvalue weighted by Gasteiger charge is -2.06. The fourth-order valence-electron chi connectivity index (χ4n) is 2.71. The Morgan fingerprint density at radius 2 is 2.04 bits per heavy atom. The van der Waals surface area contributed by atoms with Gasteiger partial charge in [0.15, 0.2) is 0 Å². The molecule has 3 heterocycles. The van der Waals surface area contributed by atoms with Crippen molar-refractivity contribution >= 4 is 5.91 Å². The average molecular weight is 376 g/mol. The Morgan fingerprint density at radius 1 is 1.18 bits per heavy atom. The number of aromatic nitrogens is 7. The number of hydrogen-bond donors (Lipinski definition) is 3. The van der Waals surface area contributed by atoms with Crippen LogP contribution >= 0.6 is 0 Å². The topological polar surface area (TPSA) is 134 Å². The number of carbonyl (C=O) groups excluding carboxylic acids is 1. The fourth-order valence-corrected chi connectivity index (χ4v) is 2.71. The number of aromatic amines is 2. The highest BCUT2D eigenvalue weighted by atomic mass is 16.2. The maximum Gasteiger partial charge on any atom is 0.263 e. The van der Waals surface area contributed by atoms with E-state index in [1.807, 2.05) is 30.3 Å². The molecule has 4 rings (SSSR count). The Hall–Kier alpha value is -4.08. The molecule has 0 atom stereocenters. The van der Waals surface area contributed by atoms with Crippen LogP contribution in [0.1, 0.15) is 21.7 Å². The van der Waals surface area contributed by atoms with E-state index in [4.69, 9.17) is 0 Å². The number of nitrogens with one attached hydrogen (secondary N) is 3. The van der Waals surface area contributed by atoms with Crippen molar-refractivity contribution in [2.24, 2.45) is 0 Å². The molecule has 0 aliphatic heterocycles. The van der Waals surface area contributed by atoms with Crippen LogP contribution in [-0.4, -0.2) is 40.8 Å². The highest BCUT2D eigenvalue weighted by molar-refractivity contribution is 5.93. The van der Waals surface area contributed by atoms with Crippen LogP contribution < -0.4 is 10.9 Å². The molecule has 0 saturated heterocycles. The summed E-state index contributed by atoms with van der Waals surface area (Å²) in [5.74, 6) is -0.130. The molecule has 3 N–H and O–H groups in total. The first-order valence-corrected chi connectivity index (χ1v) is 8.47. The van der Waals surface area contributed by atoms with Gasteiger partial charge in [-0.15, -0.1) is 0 Å². The lowest BCUT2D eigenvalue weighted by Crippen LogP contribution is -2.30. The molecule has 140 valence electrons. The molecular formula is C18H16N8O2. The van der Waals surface area contributed by atoms with E-state index in [9.17, 15) is 9.59 Å². The van der Waals surface area contributed by atoms with Gasteiger partial charge in [-0.3, -0.25) is 14.7 Å². The second kappa shape index (κ2) is 7.66. The third kappa shape index (κ3) is 3.70. The Morgan fingerprint density at radius 3 is 2.79 bits per heavy atom. The lowest BCUT2D eigenvalue weighted by atomic mass is 10.1. The van der Waals surface area contributed by atoms with Gasteiger partial charge in [-0.1, -0.05) is 30.3 Å². The maximum atomic E-state index is 12.4. The number of carbonyl (C=O) groups is 1. The second-order valence-corrected chi connectivity index (χ2v) is 5.98. The summed E-state index contributed by atoms with van der Waals surface area (Å²) in [6.07, 6.45) is 5.80. The van der Waals surface area contributed by atoms with Gasteiger partial charge in [-0.05, 0) is 5.56 Å². The molecule has 1 amide bonds. The normalized spacial score (nSPS) is 10.7. The van der Waals surface area contributed by atoms with Gasteiger partial charge in [-0.2, -0.15) is 10.2 Å². The van der Waals surface area contributed by atoms with E-state index in [-0.39, 0.29) is 18.7 Å². The number of amides is 1. The Bertz CT molecular complexity index is 1130. The van der Waals surface area contributed by atoms with E-state index in [0.717, 1.165) is 16.8 Å². The highest BCUT2D eigenvalue weighted by Gasteiger charge is 2.14. The molecule has 0 spiro atoms. The molecule has 1 aromatic carbocycles. The first kappa shape index (κ1) is 17.3. The zero-order valence-electron chi connectivity index (χ0n) is 14.7. The number of H-pyrrole nitrogens is 2. The van der Waals surface area contributed by atoms with Crippen molar-refractivity contribution in [3.05, 3.63) is 82.7 Å². The van der Waals surface area contributed by atoms with Gasteiger partial charge in [0.25, 0.3) is 11.5 Å². The molecule has 0 unspecified atom stereocenters. The quantitative estimate of drug-likeness (QED) is 0.454. The monoisotopic (exact) mass is 376 g/mol. The predicted molar refractivity (Wildman–Crippen MR) is 99.2 cm³/mol. The molecular weight excluding hydrogens is 360 g/mol. The summed E-state index contributed by atoms with van der Waals surface area (Å²) in [7, 11) is 0. The molecule has 10 nitrogen and oxygen atoms in total. The second-order valence-electron chi connectivity index (χ2n) is 5.98. The zero-order chi connectivity index (χ0) is 19.3. The van der Waals surface area contributed by atoms with Gasteiger partial charge < -0.3 is 10.3 Å². The smallest absolute Gasteiger partial charge is 0.263 e. The van der Waals surface area contributed by atoms with Crippen molar-refractivity contribution in [2.75, 3.05) is 0 Å². The lowest BCUT2D eigenvalue weighted by molar-refractivity contribution is 0.0949. The van der Waals surface area contributed by atoms with Crippen molar-refractivity contribution in [3.8, 4) is 11.3 Å². The molecule has 0 saturated carbocycles. The SMILES string of the molecule is O=C(NCc1cn[nH]c1-c1ccccc1)c1cnc(Cn2cncn2)[nH]c1=O. The number of rotatable bonds is 6. The average Bonchev–Trinajstić information content (AvgIpc) is 3.39. The van der Waals surface area contributed by atoms with Gasteiger partial charge in [-0.25, -0.2) is 14.6 Å². The third-order valence-corrected chi connectivity index (χ3v) is 4.09. The van der Waals surface area contributed by atoms with E-state index in [1.54, 1.807) is 6.20 Å². The van der Waals surface area contributed by atoms with Gasteiger partial charge in [0.2, 0.25) is 0 Å². The molecule has 0 aliphatic carbocycles. The van der Waals surface area contributed by atoms with Crippen LogP contribution in [0.2, 0.25) is 0 Å². The Labute approximate surface area is 158 Å². The summed E-state index contributed by atoms with van der Waals surface area (Å²) < 4.78 is 1.52. The Kier molecular flexibility index (Phi) is 4.74. The first-order chi connectivity index (χ1) is 13.7. The van der Waals surface area contributed by atoms with Crippen LogP contribution in [0.5, 0.6) is 0 Å². The van der Waals surface area contributed by atoms with E-state index in [0.29, 0.717) is 5.82 Å². The summed E-state index contributed by atoms with van der Waals surface area (Å²) in [4.78, 5) is 35.2. The zero-order valence-corrected chi connectivity index (χ0v) is 14.7. The molecule has 0 radical (unpaired) electrons. The van der Waals surface area contributed by atoms with Crippen molar-refractivity contribution < 1.29 is 4.79 Å². The summed E-state index contributed by atoms with van der Waals surface area (Å²) in [6, 6.07) is 9.66. The van der Waals surface area contributed by atoms with Crippen LogP contribution in [0.15, 0.2) is 60.2 Å². The molecule has 0 fully saturated rings. The summed E-state index contributed by atoms with van der Waals surface area (Å²) in [6.45, 7) is 0.478. The fraction of sp³-hybridized carbons (Fsp3) is 0.111. The van der Waals surface area contributed by atoms with Crippen LogP contribution in [0.25, 0.3) is 11.3 Å². The molecule has 4 aromatic rings. The van der Waals surface area contributed by atoms with Crippen molar-refractivity contribution in [1.82, 2.24) is 40.2 Å². The van der Waals surface area contributed by atoms with Crippen LogP contribution in [-0.2, 0) is 13.1 Å². The highest BCUT2D eigenvalue weighted by Crippen LogP contribution is 2.20. The Balaban J connectivity index is 1.45. The summed E-state index contributed by atoms with van der Waals surface area (Å²) in [5, 5.41) is 13.7. The van der Waals surface area contributed by atoms with Crippen LogP contribution in [0.3, 0.4) is 0 Å². The van der Waals surface area contributed by atoms with Crippen molar-refractivity contribution in [1.29, 1.82) is 0 Å². The van der Waals surface area contributed by atoms with Crippen LogP contribution in [0, 0.1) is 0 Å². The third-order valence-electron chi connectivity index (χ3n) is 4.09.